The van der Waals surface area contributed by atoms with Gasteiger partial charge in [0.25, 0.3) is 0 Å². The van der Waals surface area contributed by atoms with Gasteiger partial charge in [-0.15, -0.1) is 0 Å². The van der Waals surface area contributed by atoms with Gasteiger partial charge >= 0.3 is 0 Å². The van der Waals surface area contributed by atoms with Crippen LogP contribution >= 0.6 is 0 Å². The van der Waals surface area contributed by atoms with E-state index >= 15 is 0 Å². The van der Waals surface area contributed by atoms with Crippen LogP contribution in [-0.4, -0.2) is 17.0 Å². The molecule has 1 heterocycles. The lowest BCUT2D eigenvalue weighted by Crippen LogP contribution is -2.15. The zero-order valence-corrected chi connectivity index (χ0v) is 12.0. The SMILES string of the molecule is CNc1cc(C(C)(C)C)nc(-c2ccc(F)c(F)c2)n1. The summed E-state index contributed by atoms with van der Waals surface area (Å²) in [5, 5.41) is 2.96. The third kappa shape index (κ3) is 2.92. The summed E-state index contributed by atoms with van der Waals surface area (Å²) in [5.74, 6) is -0.766. The number of halogens is 2. The fraction of sp³-hybridized carbons (Fsp3) is 0.333. The van der Waals surface area contributed by atoms with Gasteiger partial charge in [0.15, 0.2) is 17.5 Å². The third-order valence-electron chi connectivity index (χ3n) is 2.93. The van der Waals surface area contributed by atoms with E-state index in [0.29, 0.717) is 17.2 Å². The average Bonchev–Trinajstić information content (AvgIpc) is 2.40. The number of hydrogen-bond donors (Lipinski definition) is 1. The first-order valence-corrected chi connectivity index (χ1v) is 6.34. The first-order valence-electron chi connectivity index (χ1n) is 6.34. The summed E-state index contributed by atoms with van der Waals surface area (Å²) in [6.45, 7) is 6.09. The molecule has 0 amide bonds. The smallest absolute Gasteiger partial charge is 0.161 e. The van der Waals surface area contributed by atoms with Crippen molar-refractivity contribution in [3.8, 4) is 11.4 Å². The number of anilines is 1. The van der Waals surface area contributed by atoms with Crippen molar-refractivity contribution < 1.29 is 8.78 Å². The standard InChI is InChI=1S/C15H17F2N3/c1-15(2,3)12-8-13(18-4)20-14(19-12)9-5-6-10(16)11(17)7-9/h5-8H,1-4H3,(H,18,19,20). The Morgan fingerprint density at radius 3 is 2.25 bits per heavy atom. The van der Waals surface area contributed by atoms with E-state index in [2.05, 4.69) is 15.3 Å². The Morgan fingerprint density at radius 1 is 1.00 bits per heavy atom. The number of rotatable bonds is 2. The molecule has 0 saturated heterocycles. The molecule has 2 rings (SSSR count). The van der Waals surface area contributed by atoms with Gasteiger partial charge in [-0.1, -0.05) is 20.8 Å². The third-order valence-corrected chi connectivity index (χ3v) is 2.93. The maximum atomic E-state index is 13.3. The molecule has 1 N–H and O–H groups in total. The van der Waals surface area contributed by atoms with Gasteiger partial charge in [-0.2, -0.15) is 0 Å². The van der Waals surface area contributed by atoms with Crippen molar-refractivity contribution in [1.29, 1.82) is 0 Å². The number of benzene rings is 1. The molecule has 0 atom stereocenters. The van der Waals surface area contributed by atoms with Crippen molar-refractivity contribution in [3.63, 3.8) is 0 Å². The minimum atomic E-state index is -0.904. The Kier molecular flexibility index (Phi) is 3.70. The van der Waals surface area contributed by atoms with Crippen LogP contribution in [0.1, 0.15) is 26.5 Å². The van der Waals surface area contributed by atoms with Crippen LogP contribution in [0, 0.1) is 11.6 Å². The monoisotopic (exact) mass is 277 g/mol. The van der Waals surface area contributed by atoms with Gasteiger partial charge in [0.05, 0.1) is 5.69 Å². The first kappa shape index (κ1) is 14.4. The van der Waals surface area contributed by atoms with Gasteiger partial charge < -0.3 is 5.32 Å². The summed E-state index contributed by atoms with van der Waals surface area (Å²) < 4.78 is 26.3. The molecule has 0 aliphatic heterocycles. The summed E-state index contributed by atoms with van der Waals surface area (Å²) in [7, 11) is 1.75. The molecule has 5 heteroatoms. The number of nitrogens with one attached hydrogen (secondary N) is 1. The van der Waals surface area contributed by atoms with E-state index in [1.165, 1.54) is 6.07 Å². The van der Waals surface area contributed by atoms with Crippen LogP contribution in [-0.2, 0) is 5.41 Å². The second kappa shape index (κ2) is 5.15. The highest BCUT2D eigenvalue weighted by atomic mass is 19.2. The molecular weight excluding hydrogens is 260 g/mol. The van der Waals surface area contributed by atoms with Crippen LogP contribution in [0.3, 0.4) is 0 Å². The molecule has 0 aliphatic rings. The van der Waals surface area contributed by atoms with Crippen LogP contribution in [0.15, 0.2) is 24.3 Å². The molecule has 2 aromatic rings. The molecule has 1 aromatic heterocycles. The van der Waals surface area contributed by atoms with Crippen molar-refractivity contribution in [3.05, 3.63) is 41.6 Å². The minimum Gasteiger partial charge on any atom is -0.373 e. The summed E-state index contributed by atoms with van der Waals surface area (Å²) in [5.41, 5.74) is 1.12. The Balaban J connectivity index is 2.58. The van der Waals surface area contributed by atoms with E-state index in [-0.39, 0.29) is 5.41 Å². The first-order chi connectivity index (χ1) is 9.31. The largest absolute Gasteiger partial charge is 0.373 e. The average molecular weight is 277 g/mol. The molecule has 3 nitrogen and oxygen atoms in total. The van der Waals surface area contributed by atoms with E-state index in [9.17, 15) is 8.78 Å². The molecule has 20 heavy (non-hydrogen) atoms. The van der Waals surface area contributed by atoms with E-state index in [0.717, 1.165) is 17.8 Å². The number of nitrogens with zero attached hydrogens (tertiary/aromatic N) is 2. The van der Waals surface area contributed by atoms with E-state index in [1.807, 2.05) is 26.8 Å². The molecular formula is C15H17F2N3. The lowest BCUT2D eigenvalue weighted by molar-refractivity contribution is 0.509. The van der Waals surface area contributed by atoms with Gasteiger partial charge in [0.1, 0.15) is 5.82 Å². The molecule has 0 aliphatic carbocycles. The molecule has 0 spiro atoms. The predicted octanol–water partition coefficient (Wildman–Crippen LogP) is 3.76. The molecule has 0 fully saturated rings. The van der Waals surface area contributed by atoms with Gasteiger partial charge in [0.2, 0.25) is 0 Å². The van der Waals surface area contributed by atoms with Crippen LogP contribution in [0.4, 0.5) is 14.6 Å². The maximum absolute atomic E-state index is 13.3. The van der Waals surface area contributed by atoms with Gasteiger partial charge in [-0.05, 0) is 18.2 Å². The fourth-order valence-corrected chi connectivity index (χ4v) is 1.72. The quantitative estimate of drug-likeness (QED) is 0.908. The minimum absolute atomic E-state index is 0.165. The summed E-state index contributed by atoms with van der Waals surface area (Å²) in [6.07, 6.45) is 0. The van der Waals surface area contributed by atoms with Crippen LogP contribution in [0.5, 0.6) is 0 Å². The summed E-state index contributed by atoms with van der Waals surface area (Å²) in [4.78, 5) is 8.75. The molecule has 0 saturated carbocycles. The zero-order valence-electron chi connectivity index (χ0n) is 12.0. The maximum Gasteiger partial charge on any atom is 0.161 e. The predicted molar refractivity (Wildman–Crippen MR) is 75.6 cm³/mol. The van der Waals surface area contributed by atoms with Gasteiger partial charge in [-0.3, -0.25) is 0 Å². The molecule has 1 aromatic carbocycles. The molecule has 106 valence electrons. The van der Waals surface area contributed by atoms with Gasteiger partial charge in [0, 0.05) is 24.1 Å². The van der Waals surface area contributed by atoms with Gasteiger partial charge in [-0.25, -0.2) is 18.7 Å². The van der Waals surface area contributed by atoms with Crippen LogP contribution < -0.4 is 5.32 Å². The molecule has 0 bridgehead atoms. The fourth-order valence-electron chi connectivity index (χ4n) is 1.72. The Morgan fingerprint density at radius 2 is 1.70 bits per heavy atom. The number of hydrogen-bond acceptors (Lipinski definition) is 3. The van der Waals surface area contributed by atoms with E-state index < -0.39 is 11.6 Å². The molecule has 0 unspecified atom stereocenters. The van der Waals surface area contributed by atoms with E-state index in [4.69, 9.17) is 0 Å². The van der Waals surface area contributed by atoms with Crippen molar-refractivity contribution in [2.75, 3.05) is 12.4 Å². The van der Waals surface area contributed by atoms with E-state index in [1.54, 1.807) is 7.05 Å². The second-order valence-electron chi connectivity index (χ2n) is 5.59. The summed E-state index contributed by atoms with van der Waals surface area (Å²) in [6, 6.07) is 5.51. The van der Waals surface area contributed by atoms with Crippen molar-refractivity contribution in [1.82, 2.24) is 9.97 Å². The second-order valence-corrected chi connectivity index (χ2v) is 5.59. The Hall–Kier alpha value is -2.04. The van der Waals surface area contributed by atoms with Crippen LogP contribution in [0.2, 0.25) is 0 Å². The van der Waals surface area contributed by atoms with Crippen LogP contribution in [0.25, 0.3) is 11.4 Å². The highest BCUT2D eigenvalue weighted by Gasteiger charge is 2.18. The number of aromatic nitrogens is 2. The zero-order chi connectivity index (χ0) is 14.9. The highest BCUT2D eigenvalue weighted by Crippen LogP contribution is 2.26. The van der Waals surface area contributed by atoms with Crippen molar-refractivity contribution >= 4 is 5.82 Å². The van der Waals surface area contributed by atoms with Crippen molar-refractivity contribution in [2.45, 2.75) is 26.2 Å². The lowest BCUT2D eigenvalue weighted by Gasteiger charge is -2.19. The normalized spacial score (nSPS) is 11.5. The lowest BCUT2D eigenvalue weighted by atomic mass is 9.92. The Labute approximate surface area is 117 Å². The Bertz CT molecular complexity index is 634. The topological polar surface area (TPSA) is 37.8 Å². The van der Waals surface area contributed by atoms with Crippen molar-refractivity contribution in [2.24, 2.45) is 0 Å². The summed E-state index contributed by atoms with van der Waals surface area (Å²) >= 11 is 0. The molecule has 0 radical (unpaired) electrons. The highest BCUT2D eigenvalue weighted by molar-refractivity contribution is 5.58.